The second-order valence-electron chi connectivity index (χ2n) is 4.01. The summed E-state index contributed by atoms with van der Waals surface area (Å²) in [6.07, 6.45) is -3.38. The third-order valence-electron chi connectivity index (χ3n) is 2.73. The second-order valence-corrected chi connectivity index (χ2v) is 4.01. The fraction of sp³-hybridized carbons (Fsp3) is 0.500. The van der Waals surface area contributed by atoms with E-state index in [9.17, 15) is 18.0 Å². The van der Waals surface area contributed by atoms with Gasteiger partial charge in [-0.05, 0) is 18.9 Å². The molecule has 1 fully saturated rings. The zero-order valence-corrected chi connectivity index (χ0v) is 9.14. The second kappa shape index (κ2) is 3.68. The lowest BCUT2D eigenvalue weighted by Gasteiger charge is -2.17. The molecule has 0 spiro atoms. The Morgan fingerprint density at radius 1 is 1.47 bits per heavy atom. The molecule has 0 unspecified atom stereocenters. The van der Waals surface area contributed by atoms with E-state index >= 15 is 0 Å². The van der Waals surface area contributed by atoms with E-state index in [1.54, 1.807) is 0 Å². The fourth-order valence-corrected chi connectivity index (χ4v) is 1.81. The van der Waals surface area contributed by atoms with Crippen LogP contribution >= 0.6 is 0 Å². The van der Waals surface area contributed by atoms with E-state index in [1.807, 2.05) is 0 Å². The molecule has 0 aliphatic heterocycles. The highest BCUT2D eigenvalue weighted by Crippen LogP contribution is 2.40. The van der Waals surface area contributed by atoms with Crippen LogP contribution in [0, 0.1) is 0 Å². The Hall–Kier alpha value is -1.66. The monoisotopic (exact) mass is 247 g/mol. The maximum absolute atomic E-state index is 12.8. The number of pyridine rings is 1. The van der Waals surface area contributed by atoms with Crippen LogP contribution in [-0.2, 0) is 6.18 Å². The Bertz CT molecular complexity index is 503. The minimum atomic E-state index is -4.57. The van der Waals surface area contributed by atoms with Crippen molar-refractivity contribution in [3.05, 3.63) is 22.1 Å². The average Bonchev–Trinajstić information content (AvgIpc) is 2.99. The molecular weight excluding hydrogens is 235 g/mol. The molecule has 94 valence electrons. The molecule has 1 aromatic heterocycles. The standard InChI is InChI=1S/C10H12F3N3O/c1-15-8-6(14)4-7(10(11,12)13)16(9(8)17)5-2-3-5/h4-5,15H,2-3,14H2,1H3. The van der Waals surface area contributed by atoms with E-state index < -0.39 is 17.4 Å². The Morgan fingerprint density at radius 2 is 2.06 bits per heavy atom. The van der Waals surface area contributed by atoms with Gasteiger partial charge in [0.15, 0.2) is 0 Å². The van der Waals surface area contributed by atoms with Gasteiger partial charge >= 0.3 is 6.18 Å². The molecule has 0 atom stereocenters. The van der Waals surface area contributed by atoms with Crippen LogP contribution in [0.5, 0.6) is 0 Å². The van der Waals surface area contributed by atoms with Gasteiger partial charge in [-0.3, -0.25) is 9.36 Å². The SMILES string of the molecule is CNc1c(N)cc(C(F)(F)F)n(C2CC2)c1=O. The first-order valence-corrected chi connectivity index (χ1v) is 5.16. The van der Waals surface area contributed by atoms with Crippen LogP contribution in [0.1, 0.15) is 24.6 Å². The van der Waals surface area contributed by atoms with E-state index in [1.165, 1.54) is 7.05 Å². The number of nitrogens with zero attached hydrogens (tertiary/aromatic N) is 1. The maximum Gasteiger partial charge on any atom is 0.431 e. The molecule has 2 rings (SSSR count). The lowest BCUT2D eigenvalue weighted by atomic mass is 10.2. The van der Waals surface area contributed by atoms with Gasteiger partial charge in [-0.1, -0.05) is 0 Å². The summed E-state index contributed by atoms with van der Waals surface area (Å²) < 4.78 is 39.2. The van der Waals surface area contributed by atoms with Crippen LogP contribution in [0.3, 0.4) is 0 Å². The number of aromatic nitrogens is 1. The summed E-state index contributed by atoms with van der Waals surface area (Å²) in [5.41, 5.74) is 3.61. The Labute approximate surface area is 95.2 Å². The zero-order valence-electron chi connectivity index (χ0n) is 9.14. The summed E-state index contributed by atoms with van der Waals surface area (Å²) in [6, 6.07) is 0.456. The average molecular weight is 247 g/mol. The summed E-state index contributed by atoms with van der Waals surface area (Å²) in [6.45, 7) is 0. The molecule has 0 radical (unpaired) electrons. The van der Waals surface area contributed by atoms with Crippen LogP contribution < -0.4 is 16.6 Å². The Balaban J connectivity index is 2.71. The Morgan fingerprint density at radius 3 is 2.47 bits per heavy atom. The molecule has 0 aromatic carbocycles. The highest BCUT2D eigenvalue weighted by Gasteiger charge is 2.40. The molecule has 1 aliphatic rings. The molecule has 1 heterocycles. The number of hydrogen-bond acceptors (Lipinski definition) is 3. The van der Waals surface area contributed by atoms with Gasteiger partial charge in [-0.25, -0.2) is 0 Å². The summed E-state index contributed by atoms with van der Waals surface area (Å²) >= 11 is 0. The van der Waals surface area contributed by atoms with Crippen molar-refractivity contribution in [2.75, 3.05) is 18.1 Å². The lowest BCUT2D eigenvalue weighted by Crippen LogP contribution is -2.30. The number of alkyl halides is 3. The molecule has 4 nitrogen and oxygen atoms in total. The fourth-order valence-electron chi connectivity index (χ4n) is 1.81. The maximum atomic E-state index is 12.8. The van der Waals surface area contributed by atoms with Crippen LogP contribution in [0.15, 0.2) is 10.9 Å². The number of rotatable bonds is 2. The zero-order chi connectivity index (χ0) is 12.8. The first kappa shape index (κ1) is 11.8. The topological polar surface area (TPSA) is 60.0 Å². The molecule has 3 N–H and O–H groups in total. The Kier molecular flexibility index (Phi) is 2.56. The number of anilines is 2. The summed E-state index contributed by atoms with van der Waals surface area (Å²) in [4.78, 5) is 11.9. The smallest absolute Gasteiger partial charge is 0.397 e. The number of hydrogen-bond donors (Lipinski definition) is 2. The van der Waals surface area contributed by atoms with Crippen LogP contribution in [0.2, 0.25) is 0 Å². The first-order valence-electron chi connectivity index (χ1n) is 5.16. The van der Waals surface area contributed by atoms with E-state index in [-0.39, 0.29) is 17.4 Å². The summed E-state index contributed by atoms with van der Waals surface area (Å²) in [5.74, 6) is 0. The molecular formula is C10H12F3N3O. The van der Waals surface area contributed by atoms with E-state index in [0.29, 0.717) is 12.8 Å². The minimum Gasteiger partial charge on any atom is -0.397 e. The van der Waals surface area contributed by atoms with Gasteiger partial charge in [0.05, 0.1) is 5.69 Å². The van der Waals surface area contributed by atoms with E-state index in [2.05, 4.69) is 5.32 Å². The van der Waals surface area contributed by atoms with Crippen molar-refractivity contribution >= 4 is 11.4 Å². The van der Waals surface area contributed by atoms with Gasteiger partial charge in [0, 0.05) is 13.1 Å². The van der Waals surface area contributed by atoms with Gasteiger partial charge < -0.3 is 11.1 Å². The minimum absolute atomic E-state index is 0.0184. The third-order valence-corrected chi connectivity index (χ3v) is 2.73. The van der Waals surface area contributed by atoms with Crippen molar-refractivity contribution in [3.63, 3.8) is 0 Å². The van der Waals surface area contributed by atoms with Gasteiger partial charge in [0.2, 0.25) is 0 Å². The van der Waals surface area contributed by atoms with Gasteiger partial charge in [0.25, 0.3) is 5.56 Å². The number of nitrogen functional groups attached to an aromatic ring is 1. The predicted octanol–water partition coefficient (Wildman–Crippen LogP) is 1.83. The molecule has 1 aromatic rings. The number of nitrogens with one attached hydrogen (secondary N) is 1. The highest BCUT2D eigenvalue weighted by atomic mass is 19.4. The molecule has 1 saturated carbocycles. The number of nitrogens with two attached hydrogens (primary N) is 1. The third kappa shape index (κ3) is 1.96. The van der Waals surface area contributed by atoms with Crippen molar-refractivity contribution in [2.24, 2.45) is 0 Å². The molecule has 17 heavy (non-hydrogen) atoms. The van der Waals surface area contributed by atoms with Gasteiger partial charge in [-0.15, -0.1) is 0 Å². The summed E-state index contributed by atoms with van der Waals surface area (Å²) in [7, 11) is 1.46. The van der Waals surface area contributed by atoms with Gasteiger partial charge in [-0.2, -0.15) is 13.2 Å². The van der Waals surface area contributed by atoms with E-state index in [4.69, 9.17) is 5.73 Å². The van der Waals surface area contributed by atoms with Crippen molar-refractivity contribution in [2.45, 2.75) is 25.1 Å². The quantitative estimate of drug-likeness (QED) is 0.838. The van der Waals surface area contributed by atoms with Crippen LogP contribution in [0.4, 0.5) is 24.5 Å². The largest absolute Gasteiger partial charge is 0.431 e. The van der Waals surface area contributed by atoms with Crippen molar-refractivity contribution in [1.82, 2.24) is 4.57 Å². The van der Waals surface area contributed by atoms with Crippen molar-refractivity contribution in [1.29, 1.82) is 0 Å². The van der Waals surface area contributed by atoms with Crippen LogP contribution in [0.25, 0.3) is 0 Å². The van der Waals surface area contributed by atoms with Crippen LogP contribution in [-0.4, -0.2) is 11.6 Å². The molecule has 7 heteroatoms. The molecule has 0 bridgehead atoms. The molecule has 0 saturated heterocycles. The predicted molar refractivity (Wildman–Crippen MR) is 57.9 cm³/mol. The normalized spacial score (nSPS) is 16.0. The highest BCUT2D eigenvalue weighted by molar-refractivity contribution is 5.65. The molecule has 1 aliphatic carbocycles. The molecule has 0 amide bonds. The first-order chi connectivity index (χ1) is 7.86. The van der Waals surface area contributed by atoms with Crippen molar-refractivity contribution < 1.29 is 13.2 Å². The number of halogens is 3. The lowest BCUT2D eigenvalue weighted by molar-refractivity contribution is -0.144. The summed E-state index contributed by atoms with van der Waals surface area (Å²) in [5, 5.41) is 2.54. The van der Waals surface area contributed by atoms with E-state index in [0.717, 1.165) is 10.6 Å². The van der Waals surface area contributed by atoms with Crippen molar-refractivity contribution in [3.8, 4) is 0 Å². The van der Waals surface area contributed by atoms with Gasteiger partial charge in [0.1, 0.15) is 11.4 Å².